The summed E-state index contributed by atoms with van der Waals surface area (Å²) in [6.45, 7) is 3.46. The average Bonchev–Trinajstić information content (AvgIpc) is 2.49. The molecular weight excluding hydrogens is 274 g/mol. The van der Waals surface area contributed by atoms with Gasteiger partial charge in [0.2, 0.25) is 5.91 Å². The molecule has 3 N–H and O–H groups in total. The molecule has 7 heteroatoms. The van der Waals surface area contributed by atoms with Crippen molar-refractivity contribution in [2.75, 3.05) is 18.4 Å². The molecule has 1 saturated heterocycles. The number of aromatic hydroxyl groups is 1. The van der Waals surface area contributed by atoms with Crippen LogP contribution in [-0.4, -0.2) is 29.0 Å². The molecule has 0 bridgehead atoms. The lowest BCUT2D eigenvalue weighted by atomic mass is 9.77. The number of carbonyl (C=O) groups excluding carboxylic acids is 1. The standard InChI is InChI=1S/C14H19N3O4/c1-2-14(6-3-7-15-9-14)13(19)16-11-5-4-10(17(20)21)8-12(11)18/h4-5,8,15,18H,2-3,6-7,9H2,1H3,(H,16,19). The lowest BCUT2D eigenvalue weighted by molar-refractivity contribution is -0.384. The zero-order chi connectivity index (χ0) is 15.5. The van der Waals surface area contributed by atoms with E-state index >= 15 is 0 Å². The zero-order valence-electron chi connectivity index (χ0n) is 11.9. The SMILES string of the molecule is CCC1(C(=O)Nc2ccc([N+](=O)[O-])cc2O)CCCNC1. The number of carbonyl (C=O) groups is 1. The number of nitro groups is 1. The smallest absolute Gasteiger partial charge is 0.273 e. The van der Waals surface area contributed by atoms with Crippen molar-refractivity contribution in [1.29, 1.82) is 0 Å². The maximum atomic E-state index is 12.5. The Morgan fingerprint density at radius 1 is 1.57 bits per heavy atom. The number of non-ortho nitro benzene ring substituents is 1. The van der Waals surface area contributed by atoms with Gasteiger partial charge in [-0.3, -0.25) is 14.9 Å². The molecule has 1 aromatic rings. The molecule has 0 aromatic heterocycles. The lowest BCUT2D eigenvalue weighted by Crippen LogP contribution is -2.47. The van der Waals surface area contributed by atoms with Gasteiger partial charge in [0.05, 0.1) is 22.1 Å². The maximum absolute atomic E-state index is 12.5. The van der Waals surface area contributed by atoms with E-state index in [0.29, 0.717) is 13.0 Å². The highest BCUT2D eigenvalue weighted by atomic mass is 16.6. The summed E-state index contributed by atoms with van der Waals surface area (Å²) < 4.78 is 0. The number of piperidine rings is 1. The van der Waals surface area contributed by atoms with Crippen molar-refractivity contribution in [3.05, 3.63) is 28.3 Å². The Hall–Kier alpha value is -2.15. The first-order chi connectivity index (χ1) is 9.98. The third-order valence-electron chi connectivity index (χ3n) is 4.07. The summed E-state index contributed by atoms with van der Waals surface area (Å²) in [7, 11) is 0. The van der Waals surface area contributed by atoms with Crippen LogP contribution in [0.2, 0.25) is 0 Å². The normalized spacial score (nSPS) is 21.8. The van der Waals surface area contributed by atoms with Gasteiger partial charge in [-0.25, -0.2) is 0 Å². The van der Waals surface area contributed by atoms with Gasteiger partial charge in [-0.2, -0.15) is 0 Å². The summed E-state index contributed by atoms with van der Waals surface area (Å²) >= 11 is 0. The van der Waals surface area contributed by atoms with Gasteiger partial charge in [0.15, 0.2) is 0 Å². The topological polar surface area (TPSA) is 104 Å². The zero-order valence-corrected chi connectivity index (χ0v) is 11.9. The van der Waals surface area contributed by atoms with Crippen LogP contribution < -0.4 is 10.6 Å². The number of hydrogen-bond donors (Lipinski definition) is 3. The number of anilines is 1. The van der Waals surface area contributed by atoms with E-state index < -0.39 is 10.3 Å². The van der Waals surface area contributed by atoms with Crippen LogP contribution in [0.25, 0.3) is 0 Å². The monoisotopic (exact) mass is 293 g/mol. The van der Waals surface area contributed by atoms with Crippen molar-refractivity contribution in [3.8, 4) is 5.75 Å². The molecule has 7 nitrogen and oxygen atoms in total. The summed E-state index contributed by atoms with van der Waals surface area (Å²) in [6.07, 6.45) is 2.41. The van der Waals surface area contributed by atoms with Gasteiger partial charge in [-0.1, -0.05) is 6.92 Å². The van der Waals surface area contributed by atoms with E-state index in [0.717, 1.165) is 25.5 Å². The molecule has 1 aliphatic heterocycles. The number of nitrogens with zero attached hydrogens (tertiary/aromatic N) is 1. The Morgan fingerprint density at radius 2 is 2.33 bits per heavy atom. The molecule has 1 amide bonds. The molecule has 0 aliphatic carbocycles. The van der Waals surface area contributed by atoms with Crippen molar-refractivity contribution in [1.82, 2.24) is 5.32 Å². The average molecular weight is 293 g/mol. The minimum absolute atomic E-state index is 0.165. The highest BCUT2D eigenvalue weighted by Crippen LogP contribution is 2.34. The van der Waals surface area contributed by atoms with E-state index in [1.807, 2.05) is 6.92 Å². The van der Waals surface area contributed by atoms with Crippen molar-refractivity contribution >= 4 is 17.3 Å². The molecule has 1 atom stereocenters. The number of amides is 1. The number of rotatable bonds is 4. The van der Waals surface area contributed by atoms with Crippen LogP contribution in [-0.2, 0) is 4.79 Å². The minimum atomic E-state index is -0.593. The van der Waals surface area contributed by atoms with Gasteiger partial charge in [-0.15, -0.1) is 0 Å². The van der Waals surface area contributed by atoms with Gasteiger partial charge in [0.25, 0.3) is 5.69 Å². The first-order valence-electron chi connectivity index (χ1n) is 6.98. The van der Waals surface area contributed by atoms with Crippen LogP contribution in [0.4, 0.5) is 11.4 Å². The molecule has 21 heavy (non-hydrogen) atoms. The van der Waals surface area contributed by atoms with Gasteiger partial charge in [-0.05, 0) is 31.9 Å². The molecule has 0 radical (unpaired) electrons. The number of phenolic OH excluding ortho intramolecular Hbond substituents is 1. The van der Waals surface area contributed by atoms with Crippen molar-refractivity contribution in [3.63, 3.8) is 0 Å². The molecule has 1 aliphatic rings. The van der Waals surface area contributed by atoms with E-state index in [-0.39, 0.29) is 23.0 Å². The first-order valence-corrected chi connectivity index (χ1v) is 6.98. The van der Waals surface area contributed by atoms with Gasteiger partial charge in [0, 0.05) is 12.6 Å². The molecule has 0 saturated carbocycles. The second kappa shape index (κ2) is 6.09. The molecular formula is C14H19N3O4. The summed E-state index contributed by atoms with van der Waals surface area (Å²) in [5.74, 6) is -0.464. The second-order valence-corrected chi connectivity index (χ2v) is 5.33. The lowest BCUT2D eigenvalue weighted by Gasteiger charge is -2.35. The second-order valence-electron chi connectivity index (χ2n) is 5.33. The fourth-order valence-electron chi connectivity index (χ4n) is 2.62. The van der Waals surface area contributed by atoms with Crippen LogP contribution in [0.15, 0.2) is 18.2 Å². The predicted octanol–water partition coefficient (Wildman–Crippen LogP) is 2.02. The van der Waals surface area contributed by atoms with Gasteiger partial charge < -0.3 is 15.7 Å². The highest BCUT2D eigenvalue weighted by Gasteiger charge is 2.38. The third kappa shape index (κ3) is 3.13. The predicted molar refractivity (Wildman–Crippen MR) is 78.2 cm³/mol. The number of nitro benzene ring substituents is 1. The van der Waals surface area contributed by atoms with Gasteiger partial charge in [0.1, 0.15) is 5.75 Å². The fraction of sp³-hybridized carbons (Fsp3) is 0.500. The van der Waals surface area contributed by atoms with E-state index in [4.69, 9.17) is 0 Å². The third-order valence-corrected chi connectivity index (χ3v) is 4.07. The first kappa shape index (κ1) is 15.2. The molecule has 1 aromatic carbocycles. The number of hydrogen-bond acceptors (Lipinski definition) is 5. The minimum Gasteiger partial charge on any atom is -0.506 e. The Kier molecular flexibility index (Phi) is 4.42. The quantitative estimate of drug-likeness (QED) is 0.447. The molecule has 1 unspecified atom stereocenters. The van der Waals surface area contributed by atoms with Crippen LogP contribution in [0.5, 0.6) is 5.75 Å². The van der Waals surface area contributed by atoms with Crippen molar-refractivity contribution < 1.29 is 14.8 Å². The summed E-state index contributed by atoms with van der Waals surface area (Å²) in [5.41, 5.74) is -0.508. The van der Waals surface area contributed by atoms with Crippen molar-refractivity contribution in [2.24, 2.45) is 5.41 Å². The molecule has 1 fully saturated rings. The maximum Gasteiger partial charge on any atom is 0.273 e. The van der Waals surface area contributed by atoms with E-state index in [1.54, 1.807) is 0 Å². The molecule has 1 heterocycles. The Balaban J connectivity index is 2.17. The van der Waals surface area contributed by atoms with Gasteiger partial charge >= 0.3 is 0 Å². The van der Waals surface area contributed by atoms with E-state index in [9.17, 15) is 20.0 Å². The summed E-state index contributed by atoms with van der Waals surface area (Å²) in [6, 6.07) is 3.64. The van der Waals surface area contributed by atoms with E-state index in [2.05, 4.69) is 10.6 Å². The van der Waals surface area contributed by atoms with E-state index in [1.165, 1.54) is 12.1 Å². The van der Waals surface area contributed by atoms with Crippen LogP contribution >= 0.6 is 0 Å². The summed E-state index contributed by atoms with van der Waals surface area (Å²) in [5, 5.41) is 26.3. The number of benzene rings is 1. The Bertz CT molecular complexity index is 553. The molecule has 114 valence electrons. The number of nitrogens with one attached hydrogen (secondary N) is 2. The molecule has 2 rings (SSSR count). The fourth-order valence-corrected chi connectivity index (χ4v) is 2.62. The van der Waals surface area contributed by atoms with Crippen LogP contribution in [0.1, 0.15) is 26.2 Å². The van der Waals surface area contributed by atoms with Crippen molar-refractivity contribution in [2.45, 2.75) is 26.2 Å². The highest BCUT2D eigenvalue weighted by molar-refractivity contribution is 5.96. The van der Waals surface area contributed by atoms with Crippen LogP contribution in [0, 0.1) is 15.5 Å². The molecule has 0 spiro atoms. The Labute approximate surface area is 122 Å². The summed E-state index contributed by atoms with van der Waals surface area (Å²) in [4.78, 5) is 22.5. The largest absolute Gasteiger partial charge is 0.506 e. The van der Waals surface area contributed by atoms with Crippen LogP contribution in [0.3, 0.4) is 0 Å². The number of phenols is 1. The Morgan fingerprint density at radius 3 is 2.86 bits per heavy atom.